The van der Waals surface area contributed by atoms with Gasteiger partial charge in [-0.1, -0.05) is 13.0 Å². The molecule has 3 aromatic rings. The summed E-state index contributed by atoms with van der Waals surface area (Å²) in [5.41, 5.74) is 2.42. The lowest BCUT2D eigenvalue weighted by molar-refractivity contribution is 0.963. The molecule has 0 aliphatic heterocycles. The van der Waals surface area contributed by atoms with Gasteiger partial charge in [-0.25, -0.2) is 4.98 Å². The lowest BCUT2D eigenvalue weighted by Gasteiger charge is -1.98. The monoisotopic (exact) mass is 267 g/mol. The second kappa shape index (κ2) is 4.52. The van der Waals surface area contributed by atoms with Gasteiger partial charge in [0.05, 0.1) is 16.0 Å². The lowest BCUT2D eigenvalue weighted by atomic mass is 10.2. The molecule has 4 heteroatoms. The van der Waals surface area contributed by atoms with Crippen molar-refractivity contribution in [2.75, 3.05) is 0 Å². The van der Waals surface area contributed by atoms with E-state index in [1.54, 1.807) is 11.3 Å². The maximum atomic E-state index is 9.15. The standard InChI is InChI=1S/C15H13N3S/c1-3-11-7-8-13(19-11)15-17-14-10(9-16)5-4-6-12(14)18(15)2/h4-8H,3H2,1-2H3. The van der Waals surface area contributed by atoms with Crippen molar-refractivity contribution in [3.8, 4) is 16.8 Å². The molecule has 19 heavy (non-hydrogen) atoms. The number of para-hydroxylation sites is 1. The largest absolute Gasteiger partial charge is 0.326 e. The number of imidazole rings is 1. The summed E-state index contributed by atoms with van der Waals surface area (Å²) in [6.45, 7) is 2.15. The van der Waals surface area contributed by atoms with Gasteiger partial charge in [0.2, 0.25) is 0 Å². The first-order valence-corrected chi connectivity index (χ1v) is 7.01. The maximum Gasteiger partial charge on any atom is 0.151 e. The zero-order valence-corrected chi connectivity index (χ0v) is 11.7. The van der Waals surface area contributed by atoms with E-state index in [0.717, 1.165) is 28.2 Å². The van der Waals surface area contributed by atoms with Crippen molar-refractivity contribution in [3.05, 3.63) is 40.8 Å². The van der Waals surface area contributed by atoms with E-state index >= 15 is 0 Å². The van der Waals surface area contributed by atoms with Crippen LogP contribution in [-0.2, 0) is 13.5 Å². The molecule has 3 nitrogen and oxygen atoms in total. The Hall–Kier alpha value is -2.12. The van der Waals surface area contributed by atoms with Crippen molar-refractivity contribution in [2.24, 2.45) is 7.05 Å². The Morgan fingerprint density at radius 3 is 2.84 bits per heavy atom. The molecule has 0 N–H and O–H groups in total. The van der Waals surface area contributed by atoms with Gasteiger partial charge in [-0.05, 0) is 30.7 Å². The van der Waals surface area contributed by atoms with Gasteiger partial charge in [0.15, 0.2) is 5.82 Å². The van der Waals surface area contributed by atoms with Gasteiger partial charge in [-0.15, -0.1) is 11.3 Å². The summed E-state index contributed by atoms with van der Waals surface area (Å²) >= 11 is 1.76. The molecule has 0 aliphatic rings. The third-order valence-electron chi connectivity index (χ3n) is 3.26. The fourth-order valence-electron chi connectivity index (χ4n) is 2.21. The summed E-state index contributed by atoms with van der Waals surface area (Å²) < 4.78 is 2.06. The van der Waals surface area contributed by atoms with Crippen LogP contribution in [0.2, 0.25) is 0 Å². The van der Waals surface area contributed by atoms with Gasteiger partial charge in [-0.2, -0.15) is 5.26 Å². The Labute approximate surface area is 115 Å². The van der Waals surface area contributed by atoms with Crippen LogP contribution in [-0.4, -0.2) is 9.55 Å². The molecule has 0 unspecified atom stereocenters. The first-order chi connectivity index (χ1) is 9.24. The highest BCUT2D eigenvalue weighted by Gasteiger charge is 2.13. The molecule has 0 aliphatic carbocycles. The quantitative estimate of drug-likeness (QED) is 0.709. The van der Waals surface area contributed by atoms with Crippen molar-refractivity contribution in [3.63, 3.8) is 0 Å². The smallest absolute Gasteiger partial charge is 0.151 e. The van der Waals surface area contributed by atoms with Crippen LogP contribution in [0.4, 0.5) is 0 Å². The molecule has 2 aromatic heterocycles. The predicted octanol–water partition coefficient (Wildman–Crippen LogP) is 3.74. The summed E-state index contributed by atoms with van der Waals surface area (Å²) in [5.74, 6) is 0.933. The number of nitriles is 1. The van der Waals surface area contributed by atoms with Gasteiger partial charge in [-0.3, -0.25) is 0 Å². The van der Waals surface area contributed by atoms with Crippen LogP contribution in [0, 0.1) is 11.3 Å². The SMILES string of the molecule is CCc1ccc(-c2nc3c(C#N)cccc3n2C)s1. The highest BCUT2D eigenvalue weighted by molar-refractivity contribution is 7.15. The van der Waals surface area contributed by atoms with Crippen LogP contribution in [0.25, 0.3) is 21.7 Å². The van der Waals surface area contributed by atoms with E-state index in [1.807, 2.05) is 25.2 Å². The molecule has 0 bridgehead atoms. The number of benzene rings is 1. The van der Waals surface area contributed by atoms with Crippen LogP contribution in [0.1, 0.15) is 17.4 Å². The van der Waals surface area contributed by atoms with E-state index in [-0.39, 0.29) is 0 Å². The molecule has 2 heterocycles. The van der Waals surface area contributed by atoms with E-state index in [2.05, 4.69) is 34.7 Å². The summed E-state index contributed by atoms with van der Waals surface area (Å²) in [4.78, 5) is 7.15. The minimum Gasteiger partial charge on any atom is -0.326 e. The van der Waals surface area contributed by atoms with E-state index in [0.29, 0.717) is 5.56 Å². The number of aryl methyl sites for hydroxylation is 2. The molecule has 0 fully saturated rings. The summed E-state index contributed by atoms with van der Waals surface area (Å²) in [6.07, 6.45) is 1.04. The number of fused-ring (bicyclic) bond motifs is 1. The van der Waals surface area contributed by atoms with Crippen LogP contribution in [0.15, 0.2) is 30.3 Å². The Kier molecular flexibility index (Phi) is 2.84. The lowest BCUT2D eigenvalue weighted by Crippen LogP contribution is -1.90. The average molecular weight is 267 g/mol. The minimum atomic E-state index is 0.631. The van der Waals surface area contributed by atoms with Gasteiger partial charge >= 0.3 is 0 Å². The number of hydrogen-bond acceptors (Lipinski definition) is 3. The number of rotatable bonds is 2. The van der Waals surface area contributed by atoms with Crippen molar-refractivity contribution < 1.29 is 0 Å². The molecule has 0 radical (unpaired) electrons. The summed E-state index contributed by atoms with van der Waals surface area (Å²) in [5, 5.41) is 9.15. The second-order valence-corrected chi connectivity index (χ2v) is 5.57. The van der Waals surface area contributed by atoms with Crippen LogP contribution >= 0.6 is 11.3 Å². The van der Waals surface area contributed by atoms with Crippen molar-refractivity contribution >= 4 is 22.4 Å². The van der Waals surface area contributed by atoms with Crippen molar-refractivity contribution in [1.29, 1.82) is 5.26 Å². The second-order valence-electron chi connectivity index (χ2n) is 4.40. The van der Waals surface area contributed by atoms with E-state index < -0.39 is 0 Å². The molecule has 3 rings (SSSR count). The number of hydrogen-bond donors (Lipinski definition) is 0. The zero-order valence-electron chi connectivity index (χ0n) is 10.8. The molecule has 94 valence electrons. The Morgan fingerprint density at radius 2 is 2.16 bits per heavy atom. The molecule has 0 amide bonds. The Bertz CT molecular complexity index is 789. The Morgan fingerprint density at radius 1 is 1.32 bits per heavy atom. The summed E-state index contributed by atoms with van der Waals surface area (Å²) in [6, 6.07) is 12.2. The molecular weight excluding hydrogens is 254 g/mol. The fourth-order valence-corrected chi connectivity index (χ4v) is 3.19. The van der Waals surface area contributed by atoms with Gasteiger partial charge in [0, 0.05) is 11.9 Å². The highest BCUT2D eigenvalue weighted by Crippen LogP contribution is 2.30. The first kappa shape index (κ1) is 11.9. The molecular formula is C15H13N3S. The molecule has 0 saturated carbocycles. The minimum absolute atomic E-state index is 0.631. The number of thiophene rings is 1. The fraction of sp³-hybridized carbons (Fsp3) is 0.200. The molecule has 1 aromatic carbocycles. The summed E-state index contributed by atoms with van der Waals surface area (Å²) in [7, 11) is 2.00. The normalized spacial score (nSPS) is 10.8. The van der Waals surface area contributed by atoms with Gasteiger partial charge < -0.3 is 4.57 Å². The third-order valence-corrected chi connectivity index (χ3v) is 4.49. The van der Waals surface area contributed by atoms with E-state index in [4.69, 9.17) is 5.26 Å². The number of nitrogens with zero attached hydrogens (tertiary/aromatic N) is 3. The van der Waals surface area contributed by atoms with Crippen LogP contribution in [0.5, 0.6) is 0 Å². The molecule has 0 saturated heterocycles. The molecule has 0 spiro atoms. The Balaban J connectivity index is 2.25. The third kappa shape index (κ3) is 1.83. The van der Waals surface area contributed by atoms with Crippen molar-refractivity contribution in [2.45, 2.75) is 13.3 Å². The molecule has 0 atom stereocenters. The predicted molar refractivity (Wildman–Crippen MR) is 78.1 cm³/mol. The highest BCUT2D eigenvalue weighted by atomic mass is 32.1. The van der Waals surface area contributed by atoms with Crippen LogP contribution < -0.4 is 0 Å². The average Bonchev–Trinajstić information content (AvgIpc) is 3.03. The van der Waals surface area contributed by atoms with E-state index in [9.17, 15) is 0 Å². The maximum absolute atomic E-state index is 9.15. The topological polar surface area (TPSA) is 41.6 Å². The van der Waals surface area contributed by atoms with Crippen molar-refractivity contribution in [1.82, 2.24) is 9.55 Å². The van der Waals surface area contributed by atoms with E-state index in [1.165, 1.54) is 4.88 Å². The van der Waals surface area contributed by atoms with Gasteiger partial charge in [0.25, 0.3) is 0 Å². The number of aromatic nitrogens is 2. The van der Waals surface area contributed by atoms with Gasteiger partial charge in [0.1, 0.15) is 11.6 Å². The first-order valence-electron chi connectivity index (χ1n) is 6.19. The zero-order chi connectivity index (χ0) is 13.4. The van der Waals surface area contributed by atoms with Crippen LogP contribution in [0.3, 0.4) is 0 Å².